The predicted molar refractivity (Wildman–Crippen MR) is 163 cm³/mol. The minimum absolute atomic E-state index is 0.0964. The molecule has 0 unspecified atom stereocenters. The van der Waals surface area contributed by atoms with Crippen LogP contribution in [0.3, 0.4) is 0 Å². The first kappa shape index (κ1) is 34.1. The number of anilines is 1. The van der Waals surface area contributed by atoms with E-state index < -0.39 is 37.1 Å². The van der Waals surface area contributed by atoms with E-state index in [1.807, 2.05) is 11.9 Å². The summed E-state index contributed by atoms with van der Waals surface area (Å²) in [5, 5.41) is 9.25. The van der Waals surface area contributed by atoms with Crippen LogP contribution < -0.4 is 20.7 Å². The van der Waals surface area contributed by atoms with E-state index in [4.69, 9.17) is 27.9 Å². The molecule has 3 heterocycles. The van der Waals surface area contributed by atoms with Crippen LogP contribution in [-0.2, 0) is 17.8 Å². The van der Waals surface area contributed by atoms with Gasteiger partial charge in [0, 0.05) is 24.6 Å². The van der Waals surface area contributed by atoms with Gasteiger partial charge < -0.3 is 20.7 Å². The van der Waals surface area contributed by atoms with Gasteiger partial charge in [0.1, 0.15) is 11.4 Å². The Hall–Kier alpha value is -3.23. The number of pyridine rings is 1. The monoisotopic (exact) mass is 690 g/mol. The van der Waals surface area contributed by atoms with Crippen LogP contribution in [0.15, 0.2) is 23.2 Å². The molecule has 16 heteroatoms. The first-order chi connectivity index (χ1) is 21.8. The van der Waals surface area contributed by atoms with Crippen molar-refractivity contribution in [3.63, 3.8) is 0 Å². The maximum atomic E-state index is 13.2. The molecule has 2 fully saturated rings. The highest BCUT2D eigenvalue weighted by Gasteiger charge is 2.41. The van der Waals surface area contributed by atoms with Crippen molar-refractivity contribution < 1.29 is 36.3 Å². The number of carbonyl (C=O) groups is 2. The lowest BCUT2D eigenvalue weighted by atomic mass is 9.85. The standard InChI is InChI=1S/C30H33Cl2F5N6O3/c1-43-10-2-3-21(43)28(45)38-13-15-4-9-20(31)25(24(15)32)40-23-12-16-11-19(29(42-26(16)41-23)46-14-22(33)34)27(44)39-18-7-5-17(6-8-18)30(35,36)37/h4,9,11,17-18,21-22H,2-3,5-8,10,12-14H2,1H3,(H,38,45)(H,39,44)(H,40,41,42)/t17?,18?,21-/m0/s1. The fraction of sp³-hybridized carbons (Fsp3) is 0.533. The molecule has 1 saturated carbocycles. The largest absolute Gasteiger partial charge is 0.471 e. The second-order valence-corrected chi connectivity index (χ2v) is 12.5. The third-order valence-corrected chi connectivity index (χ3v) is 9.22. The summed E-state index contributed by atoms with van der Waals surface area (Å²) in [5.41, 5.74) is 1.30. The van der Waals surface area contributed by atoms with E-state index in [0.29, 0.717) is 22.6 Å². The first-order valence-electron chi connectivity index (χ1n) is 14.9. The number of likely N-dealkylation sites (N-methyl/N-ethyl adjacent to an activating group) is 1. The summed E-state index contributed by atoms with van der Waals surface area (Å²) in [6.07, 6.45) is -5.25. The summed E-state index contributed by atoms with van der Waals surface area (Å²) in [7, 11) is 1.90. The Morgan fingerprint density at radius 1 is 1.13 bits per heavy atom. The third-order valence-electron chi connectivity index (χ3n) is 8.47. The zero-order chi connectivity index (χ0) is 33.2. The molecule has 1 aromatic heterocycles. The molecule has 1 saturated heterocycles. The zero-order valence-electron chi connectivity index (χ0n) is 24.8. The smallest absolute Gasteiger partial charge is 0.391 e. The molecular formula is C30H33Cl2F5N6O3. The maximum Gasteiger partial charge on any atom is 0.391 e. The van der Waals surface area contributed by atoms with Gasteiger partial charge in [-0.15, -0.1) is 0 Å². The molecule has 250 valence electrons. The van der Waals surface area contributed by atoms with E-state index in [1.54, 1.807) is 12.1 Å². The Morgan fingerprint density at radius 2 is 1.87 bits per heavy atom. The number of hydrogen-bond donors (Lipinski definition) is 3. The lowest BCUT2D eigenvalue weighted by Gasteiger charge is -2.30. The quantitative estimate of drug-likeness (QED) is 0.267. The second kappa shape index (κ2) is 14.3. The number of rotatable bonds is 9. The Bertz CT molecular complexity index is 1500. The Morgan fingerprint density at radius 3 is 2.52 bits per heavy atom. The number of nitrogens with one attached hydrogen (secondary N) is 3. The lowest BCUT2D eigenvalue weighted by molar-refractivity contribution is -0.182. The number of alkyl halides is 5. The number of aliphatic imine (C=N–C) groups is 1. The summed E-state index contributed by atoms with van der Waals surface area (Å²) < 4.78 is 70.4. The van der Waals surface area contributed by atoms with Crippen molar-refractivity contribution in [3.8, 4) is 5.88 Å². The number of halogens is 7. The minimum atomic E-state index is -4.29. The molecule has 5 rings (SSSR count). The molecule has 1 aromatic carbocycles. The molecule has 1 atom stereocenters. The van der Waals surface area contributed by atoms with Gasteiger partial charge >= 0.3 is 6.18 Å². The van der Waals surface area contributed by atoms with Crippen molar-refractivity contribution in [3.05, 3.63) is 44.9 Å². The van der Waals surface area contributed by atoms with E-state index in [9.17, 15) is 31.5 Å². The molecule has 3 aliphatic rings. The van der Waals surface area contributed by atoms with Gasteiger partial charge in [0.2, 0.25) is 11.8 Å². The van der Waals surface area contributed by atoms with E-state index >= 15 is 0 Å². The second-order valence-electron chi connectivity index (χ2n) is 11.7. The average molecular weight is 692 g/mol. The van der Waals surface area contributed by atoms with Crippen LogP contribution in [0.1, 0.15) is 60.0 Å². The topological polar surface area (TPSA) is 108 Å². The molecule has 2 amide bonds. The van der Waals surface area contributed by atoms with Crippen LogP contribution in [0.25, 0.3) is 0 Å². The van der Waals surface area contributed by atoms with Gasteiger partial charge in [0.25, 0.3) is 12.3 Å². The van der Waals surface area contributed by atoms with Crippen molar-refractivity contribution in [2.24, 2.45) is 10.9 Å². The molecule has 0 bridgehead atoms. The number of fused-ring (bicyclic) bond motifs is 1. The molecule has 3 N–H and O–H groups in total. The maximum absolute atomic E-state index is 13.2. The predicted octanol–water partition coefficient (Wildman–Crippen LogP) is 6.29. The third kappa shape index (κ3) is 8.00. The summed E-state index contributed by atoms with van der Waals surface area (Å²) in [4.78, 5) is 36.5. The number of amides is 2. The van der Waals surface area contributed by atoms with Crippen LogP contribution in [0.5, 0.6) is 5.88 Å². The number of benzene rings is 1. The number of amidine groups is 1. The molecule has 0 spiro atoms. The minimum Gasteiger partial charge on any atom is -0.471 e. The van der Waals surface area contributed by atoms with Crippen molar-refractivity contribution in [2.45, 2.75) is 76.2 Å². The van der Waals surface area contributed by atoms with E-state index in [2.05, 4.69) is 25.9 Å². The molecule has 1 aliphatic carbocycles. The van der Waals surface area contributed by atoms with Gasteiger partial charge in [-0.2, -0.15) is 18.2 Å². The van der Waals surface area contributed by atoms with Crippen LogP contribution >= 0.6 is 23.2 Å². The van der Waals surface area contributed by atoms with Crippen molar-refractivity contribution in [2.75, 3.05) is 25.5 Å². The van der Waals surface area contributed by atoms with Crippen molar-refractivity contribution in [1.29, 1.82) is 0 Å². The van der Waals surface area contributed by atoms with Crippen LogP contribution in [0.2, 0.25) is 10.0 Å². The highest BCUT2D eigenvalue weighted by atomic mass is 35.5. The Labute approximate surface area is 272 Å². The number of likely N-dealkylation sites (tertiary alicyclic amines) is 1. The number of nitrogens with zero attached hydrogens (tertiary/aromatic N) is 3. The number of carbonyl (C=O) groups excluding carboxylic acids is 2. The molecular weight excluding hydrogens is 658 g/mol. The van der Waals surface area contributed by atoms with Gasteiger partial charge in [-0.05, 0) is 69.8 Å². The van der Waals surface area contributed by atoms with Crippen LogP contribution in [0.4, 0.5) is 33.5 Å². The van der Waals surface area contributed by atoms with Gasteiger partial charge in [-0.25, -0.2) is 13.8 Å². The first-order valence-corrected chi connectivity index (χ1v) is 15.7. The van der Waals surface area contributed by atoms with Crippen LogP contribution in [-0.4, -0.2) is 72.4 Å². The van der Waals surface area contributed by atoms with Gasteiger partial charge in [0.05, 0.1) is 27.7 Å². The SMILES string of the molecule is CN1CCC[C@H]1C(=O)NCc1ccc(Cl)c(NC2=Nc3nc(OCC(F)F)c(C(=O)NC4CCC(C(F)(F)F)CC4)cc3C2)c1Cl. The average Bonchev–Trinajstić information content (AvgIpc) is 3.61. The summed E-state index contributed by atoms with van der Waals surface area (Å²) in [6, 6.07) is 4.03. The normalized spacial score (nSPS) is 21.6. The Kier molecular flexibility index (Phi) is 10.6. The molecule has 2 aromatic rings. The number of ether oxygens (including phenoxy) is 1. The fourth-order valence-electron chi connectivity index (χ4n) is 5.95. The van der Waals surface area contributed by atoms with E-state index in [-0.39, 0.29) is 77.9 Å². The number of aromatic nitrogens is 1. The molecule has 46 heavy (non-hydrogen) atoms. The Balaban J connectivity index is 1.29. The fourth-order valence-corrected chi connectivity index (χ4v) is 6.48. The molecule has 0 radical (unpaired) electrons. The summed E-state index contributed by atoms with van der Waals surface area (Å²) >= 11 is 13.1. The molecule has 9 nitrogen and oxygen atoms in total. The summed E-state index contributed by atoms with van der Waals surface area (Å²) in [6.45, 7) is -0.00207. The highest BCUT2D eigenvalue weighted by molar-refractivity contribution is 6.40. The van der Waals surface area contributed by atoms with Crippen molar-refractivity contribution >= 4 is 52.4 Å². The van der Waals surface area contributed by atoms with Crippen molar-refractivity contribution in [1.82, 2.24) is 20.5 Å². The number of hydrogen-bond acceptors (Lipinski definition) is 7. The highest BCUT2D eigenvalue weighted by Crippen LogP contribution is 2.39. The van der Waals surface area contributed by atoms with Gasteiger partial charge in [-0.3, -0.25) is 14.5 Å². The molecule has 2 aliphatic heterocycles. The lowest BCUT2D eigenvalue weighted by Crippen LogP contribution is -2.41. The zero-order valence-corrected chi connectivity index (χ0v) is 26.3. The van der Waals surface area contributed by atoms with Crippen LogP contribution in [0, 0.1) is 5.92 Å². The summed E-state index contributed by atoms with van der Waals surface area (Å²) in [5.74, 6) is -2.10. The van der Waals surface area contributed by atoms with Gasteiger partial charge in [-0.1, -0.05) is 29.3 Å². The van der Waals surface area contributed by atoms with Gasteiger partial charge in [0.15, 0.2) is 12.4 Å². The van der Waals surface area contributed by atoms with E-state index in [1.165, 1.54) is 6.07 Å². The van der Waals surface area contributed by atoms with E-state index in [0.717, 1.165) is 19.4 Å².